The molecule has 0 unspecified atom stereocenters. The van der Waals surface area contributed by atoms with E-state index >= 15 is 0 Å². The normalized spacial score (nSPS) is 17.7. The van der Waals surface area contributed by atoms with Crippen LogP contribution in [0, 0.1) is 0 Å². The highest BCUT2D eigenvalue weighted by Crippen LogP contribution is 2.49. The van der Waals surface area contributed by atoms with Crippen molar-refractivity contribution in [2.45, 2.75) is 12.3 Å². The fourth-order valence-electron chi connectivity index (χ4n) is 1.92. The Bertz CT molecular complexity index is 417. The van der Waals surface area contributed by atoms with Gasteiger partial charge in [0.1, 0.15) is 0 Å². The topological polar surface area (TPSA) is 3.24 Å². The van der Waals surface area contributed by atoms with Crippen molar-refractivity contribution in [3.8, 4) is 0 Å². The monoisotopic (exact) mass is 243 g/mol. The van der Waals surface area contributed by atoms with E-state index in [1.807, 2.05) is 0 Å². The van der Waals surface area contributed by atoms with Crippen molar-refractivity contribution in [3.63, 3.8) is 0 Å². The number of anilines is 1. The zero-order chi connectivity index (χ0) is 11.8. The lowest BCUT2D eigenvalue weighted by Crippen LogP contribution is -2.24. The molecule has 0 atom stereocenters. The van der Waals surface area contributed by atoms with Crippen molar-refractivity contribution in [2.24, 2.45) is 0 Å². The second-order valence-electron chi connectivity index (χ2n) is 3.73. The lowest BCUT2D eigenvalue weighted by molar-refractivity contribution is 0.0438. The third kappa shape index (κ3) is 1.59. The molecule has 0 radical (unpaired) electrons. The van der Waals surface area contributed by atoms with E-state index in [4.69, 9.17) is 11.6 Å². The Morgan fingerprint density at radius 3 is 2.69 bits per heavy atom. The predicted molar refractivity (Wildman–Crippen MR) is 62.2 cm³/mol. The van der Waals surface area contributed by atoms with Gasteiger partial charge in [-0.1, -0.05) is 24.8 Å². The number of alkyl halides is 3. The summed E-state index contributed by atoms with van der Waals surface area (Å²) in [6.07, 6.45) is 0.658. The molecule has 1 heterocycles. The summed E-state index contributed by atoms with van der Waals surface area (Å²) in [6, 6.07) is 6.50. The van der Waals surface area contributed by atoms with Gasteiger partial charge < -0.3 is 4.90 Å². The van der Waals surface area contributed by atoms with Gasteiger partial charge in [0, 0.05) is 12.4 Å². The van der Waals surface area contributed by atoms with Gasteiger partial charge in [-0.2, -0.15) is 8.78 Å². The molecule has 1 aromatic carbocycles. The molecule has 0 spiro atoms. The number of halogens is 3. The van der Waals surface area contributed by atoms with Gasteiger partial charge in [0.15, 0.2) is 0 Å². The van der Waals surface area contributed by atoms with Crippen molar-refractivity contribution in [1.82, 2.24) is 0 Å². The van der Waals surface area contributed by atoms with Gasteiger partial charge in [0.2, 0.25) is 0 Å². The summed E-state index contributed by atoms with van der Waals surface area (Å²) in [7, 11) is 0. The molecule has 86 valence electrons. The largest absolute Gasteiger partial charge is 0.340 e. The van der Waals surface area contributed by atoms with Crippen LogP contribution in [-0.2, 0) is 5.92 Å². The van der Waals surface area contributed by atoms with Crippen molar-refractivity contribution in [1.29, 1.82) is 0 Å². The van der Waals surface area contributed by atoms with Crippen molar-refractivity contribution >= 4 is 17.3 Å². The molecule has 0 aromatic heterocycles. The maximum absolute atomic E-state index is 13.8. The Hall–Kier alpha value is -1.09. The van der Waals surface area contributed by atoms with E-state index in [1.165, 1.54) is 6.07 Å². The molecule has 2 rings (SSSR count). The minimum absolute atomic E-state index is 0.0366. The zero-order valence-electron chi connectivity index (χ0n) is 8.72. The fraction of sp³-hybridized carbons (Fsp3) is 0.333. The van der Waals surface area contributed by atoms with Crippen molar-refractivity contribution in [3.05, 3.63) is 42.1 Å². The van der Waals surface area contributed by atoms with Crippen LogP contribution >= 0.6 is 11.6 Å². The lowest BCUT2D eigenvalue weighted by atomic mass is 10.1. The molecular formula is C12H12ClF2N. The quantitative estimate of drug-likeness (QED) is 0.731. The van der Waals surface area contributed by atoms with Crippen LogP contribution in [-0.4, -0.2) is 12.4 Å². The van der Waals surface area contributed by atoms with Crippen LogP contribution in [0.3, 0.4) is 0 Å². The smallest absolute Gasteiger partial charge is 0.314 e. The highest BCUT2D eigenvalue weighted by atomic mass is 35.5. The number of allylic oxidation sites excluding steroid dienone is 1. The molecule has 0 saturated heterocycles. The molecule has 1 nitrogen and oxygen atoms in total. The summed E-state index contributed by atoms with van der Waals surface area (Å²) < 4.78 is 27.7. The molecule has 1 aromatic rings. The highest BCUT2D eigenvalue weighted by molar-refractivity contribution is 6.17. The first-order valence-electron chi connectivity index (χ1n) is 5.09. The molecule has 0 fully saturated rings. The fourth-order valence-corrected chi connectivity index (χ4v) is 2.04. The van der Waals surface area contributed by atoms with E-state index in [0.717, 1.165) is 0 Å². The van der Waals surface area contributed by atoms with Crippen LogP contribution in [0.1, 0.15) is 12.0 Å². The maximum atomic E-state index is 13.8. The van der Waals surface area contributed by atoms with Crippen LogP contribution in [0.15, 0.2) is 36.5 Å². The number of benzene rings is 1. The summed E-state index contributed by atoms with van der Waals surface area (Å²) >= 11 is 5.58. The summed E-state index contributed by atoms with van der Waals surface area (Å²) in [5.74, 6) is -2.50. The number of hydrogen-bond acceptors (Lipinski definition) is 1. The number of hydrogen-bond donors (Lipinski definition) is 0. The van der Waals surface area contributed by atoms with E-state index in [1.54, 1.807) is 23.1 Å². The molecule has 4 heteroatoms. The van der Waals surface area contributed by atoms with E-state index in [-0.39, 0.29) is 11.3 Å². The Balaban J connectivity index is 2.39. The predicted octanol–water partition coefficient (Wildman–Crippen LogP) is 3.74. The molecule has 0 amide bonds. The molecular weight excluding hydrogens is 232 g/mol. The summed E-state index contributed by atoms with van der Waals surface area (Å²) in [5.41, 5.74) is 0.427. The van der Waals surface area contributed by atoms with Crippen LogP contribution < -0.4 is 4.90 Å². The highest BCUT2D eigenvalue weighted by Gasteiger charge is 2.47. The third-order valence-corrected chi connectivity index (χ3v) is 3.00. The number of rotatable bonds is 3. The Kier molecular flexibility index (Phi) is 2.89. The Morgan fingerprint density at radius 1 is 1.31 bits per heavy atom. The van der Waals surface area contributed by atoms with Gasteiger partial charge in [0.25, 0.3) is 0 Å². The first kappa shape index (κ1) is 11.4. The first-order chi connectivity index (χ1) is 7.59. The number of nitrogens with zero attached hydrogens (tertiary/aromatic N) is 1. The van der Waals surface area contributed by atoms with Crippen LogP contribution in [0.2, 0.25) is 0 Å². The van der Waals surface area contributed by atoms with E-state index in [9.17, 15) is 8.78 Å². The maximum Gasteiger partial charge on any atom is 0.314 e. The molecule has 0 N–H and O–H groups in total. The van der Waals surface area contributed by atoms with Gasteiger partial charge in [-0.3, -0.25) is 0 Å². The minimum atomic E-state index is -2.96. The lowest BCUT2D eigenvalue weighted by Gasteiger charge is -2.20. The van der Waals surface area contributed by atoms with E-state index < -0.39 is 5.92 Å². The summed E-state index contributed by atoms with van der Waals surface area (Å²) in [4.78, 5) is 1.55. The molecule has 1 aliphatic heterocycles. The molecule has 0 bridgehead atoms. The van der Waals surface area contributed by atoms with E-state index in [0.29, 0.717) is 24.5 Å². The Labute approximate surface area is 98.3 Å². The average Bonchev–Trinajstić information content (AvgIpc) is 2.47. The second-order valence-corrected chi connectivity index (χ2v) is 4.11. The third-order valence-electron chi connectivity index (χ3n) is 2.74. The Morgan fingerprint density at radius 2 is 2.00 bits per heavy atom. The number of fused-ring (bicyclic) bond motifs is 1. The minimum Gasteiger partial charge on any atom is -0.340 e. The van der Waals surface area contributed by atoms with Gasteiger partial charge >= 0.3 is 5.92 Å². The first-order valence-corrected chi connectivity index (χ1v) is 5.62. The van der Waals surface area contributed by atoms with Crippen molar-refractivity contribution in [2.75, 3.05) is 17.3 Å². The van der Waals surface area contributed by atoms with Crippen LogP contribution in [0.5, 0.6) is 0 Å². The average molecular weight is 244 g/mol. The zero-order valence-corrected chi connectivity index (χ0v) is 9.47. The van der Waals surface area contributed by atoms with Gasteiger partial charge in [-0.25, -0.2) is 0 Å². The number of para-hydroxylation sites is 1. The van der Waals surface area contributed by atoms with Gasteiger partial charge in [0.05, 0.1) is 16.9 Å². The SMILES string of the molecule is C=C1N(CCCCl)c2ccccc2C1(F)F. The summed E-state index contributed by atoms with van der Waals surface area (Å²) in [5, 5.41) is 0. The van der Waals surface area contributed by atoms with Crippen molar-refractivity contribution < 1.29 is 8.78 Å². The molecule has 0 saturated carbocycles. The van der Waals surface area contributed by atoms with E-state index in [2.05, 4.69) is 6.58 Å². The standard InChI is InChI=1S/C12H12ClF2N/c1-9-12(14,15)10-5-2-3-6-11(10)16(9)8-4-7-13/h2-3,5-6H,1,4,7-8H2. The van der Waals surface area contributed by atoms with Gasteiger partial charge in [-0.15, -0.1) is 11.6 Å². The van der Waals surface area contributed by atoms with Gasteiger partial charge in [-0.05, 0) is 12.5 Å². The van der Waals surface area contributed by atoms with Crippen LogP contribution in [0.4, 0.5) is 14.5 Å². The van der Waals surface area contributed by atoms with Crippen LogP contribution in [0.25, 0.3) is 0 Å². The molecule has 0 aliphatic carbocycles. The molecule has 1 aliphatic rings. The second kappa shape index (κ2) is 4.06. The molecule has 16 heavy (non-hydrogen) atoms. The summed E-state index contributed by atoms with van der Waals surface area (Å²) in [6.45, 7) is 3.97.